The molecule has 0 spiro atoms. The molecule has 4 nitrogen and oxygen atoms in total. The molecule has 0 fully saturated rings. The Hall–Kier alpha value is -1.59. The number of benzene rings is 1. The summed E-state index contributed by atoms with van der Waals surface area (Å²) in [4.78, 5) is 21.5. The van der Waals surface area contributed by atoms with E-state index in [0.29, 0.717) is 27.0 Å². The van der Waals surface area contributed by atoms with Crippen molar-refractivity contribution < 1.29 is 4.79 Å². The number of anilines is 1. The van der Waals surface area contributed by atoms with Gasteiger partial charge < -0.3 is 5.32 Å². The maximum absolute atomic E-state index is 12.6. The Morgan fingerprint density at radius 2 is 2.05 bits per heavy atom. The zero-order valence-corrected chi connectivity index (χ0v) is 14.5. The third-order valence-electron chi connectivity index (χ3n) is 3.09. The molecular formula is C16H18ClN3OS. The van der Waals surface area contributed by atoms with E-state index in [9.17, 15) is 4.79 Å². The average molecular weight is 336 g/mol. The molecule has 0 saturated carbocycles. The summed E-state index contributed by atoms with van der Waals surface area (Å²) in [6.45, 7) is 5.90. The monoisotopic (exact) mass is 335 g/mol. The second-order valence-electron chi connectivity index (χ2n) is 5.17. The lowest BCUT2D eigenvalue weighted by atomic mass is 10.1. The Labute approximate surface area is 139 Å². The molecule has 0 saturated heterocycles. The smallest absolute Gasteiger partial charge is 0.260 e. The molecule has 1 heterocycles. The number of rotatable bonds is 4. The minimum atomic E-state index is -0.223. The SMILES string of the molecule is CSc1nc(C(C)C)nc(C)c1C(=O)Nc1cccc(Cl)c1. The zero-order chi connectivity index (χ0) is 16.3. The average Bonchev–Trinajstić information content (AvgIpc) is 2.45. The van der Waals surface area contributed by atoms with Gasteiger partial charge in [0.15, 0.2) is 0 Å². The van der Waals surface area contributed by atoms with Gasteiger partial charge in [-0.05, 0) is 31.4 Å². The number of nitrogens with one attached hydrogen (secondary N) is 1. The van der Waals surface area contributed by atoms with Gasteiger partial charge in [-0.1, -0.05) is 31.5 Å². The maximum atomic E-state index is 12.6. The summed E-state index contributed by atoms with van der Waals surface area (Å²) in [5.41, 5.74) is 1.84. The quantitative estimate of drug-likeness (QED) is 0.658. The van der Waals surface area contributed by atoms with Crippen LogP contribution in [0.5, 0.6) is 0 Å². The number of carbonyl (C=O) groups excluding carboxylic acids is 1. The highest BCUT2D eigenvalue weighted by atomic mass is 35.5. The summed E-state index contributed by atoms with van der Waals surface area (Å²) in [5, 5.41) is 4.11. The molecule has 0 aliphatic rings. The third-order valence-corrected chi connectivity index (χ3v) is 4.01. The number of halogens is 1. The summed E-state index contributed by atoms with van der Waals surface area (Å²) in [6, 6.07) is 7.05. The van der Waals surface area contributed by atoms with Crippen LogP contribution >= 0.6 is 23.4 Å². The van der Waals surface area contributed by atoms with Gasteiger partial charge in [0.2, 0.25) is 0 Å². The maximum Gasteiger partial charge on any atom is 0.260 e. The molecular weight excluding hydrogens is 318 g/mol. The van der Waals surface area contributed by atoms with Gasteiger partial charge in [-0.2, -0.15) is 0 Å². The van der Waals surface area contributed by atoms with E-state index in [0.717, 1.165) is 5.82 Å². The van der Waals surface area contributed by atoms with E-state index in [-0.39, 0.29) is 11.8 Å². The topological polar surface area (TPSA) is 54.9 Å². The van der Waals surface area contributed by atoms with Crippen molar-refractivity contribution in [1.82, 2.24) is 9.97 Å². The number of amides is 1. The van der Waals surface area contributed by atoms with Crippen LogP contribution in [-0.2, 0) is 0 Å². The Balaban J connectivity index is 2.37. The number of carbonyl (C=O) groups is 1. The van der Waals surface area contributed by atoms with E-state index in [4.69, 9.17) is 11.6 Å². The fourth-order valence-electron chi connectivity index (χ4n) is 1.99. The minimum absolute atomic E-state index is 0.217. The van der Waals surface area contributed by atoms with Crippen molar-refractivity contribution in [3.8, 4) is 0 Å². The van der Waals surface area contributed by atoms with Crippen molar-refractivity contribution >= 4 is 35.0 Å². The zero-order valence-electron chi connectivity index (χ0n) is 13.0. The molecule has 0 aliphatic carbocycles. The number of hydrogen-bond donors (Lipinski definition) is 1. The summed E-state index contributed by atoms with van der Waals surface area (Å²) >= 11 is 7.38. The first-order valence-corrected chi connectivity index (χ1v) is 8.52. The molecule has 116 valence electrons. The number of aryl methyl sites for hydroxylation is 1. The summed E-state index contributed by atoms with van der Waals surface area (Å²) in [6.07, 6.45) is 1.90. The molecule has 1 aromatic heterocycles. The normalized spacial score (nSPS) is 10.8. The first-order valence-electron chi connectivity index (χ1n) is 6.91. The molecule has 1 N–H and O–H groups in total. The van der Waals surface area contributed by atoms with E-state index in [1.165, 1.54) is 11.8 Å². The van der Waals surface area contributed by atoms with Crippen LogP contribution in [0.1, 0.15) is 41.6 Å². The Morgan fingerprint density at radius 1 is 1.32 bits per heavy atom. The molecule has 1 aromatic carbocycles. The highest BCUT2D eigenvalue weighted by Gasteiger charge is 2.19. The summed E-state index contributed by atoms with van der Waals surface area (Å²) < 4.78 is 0. The van der Waals surface area contributed by atoms with Crippen molar-refractivity contribution in [2.24, 2.45) is 0 Å². The molecule has 2 rings (SSSR count). The predicted molar refractivity (Wildman–Crippen MR) is 92.0 cm³/mol. The van der Waals surface area contributed by atoms with Crippen LogP contribution in [0.2, 0.25) is 5.02 Å². The molecule has 0 aliphatic heterocycles. The van der Waals surface area contributed by atoms with Gasteiger partial charge in [-0.3, -0.25) is 4.79 Å². The van der Waals surface area contributed by atoms with Crippen molar-refractivity contribution in [3.05, 3.63) is 46.4 Å². The first-order chi connectivity index (χ1) is 10.4. The molecule has 0 radical (unpaired) electrons. The summed E-state index contributed by atoms with van der Waals surface area (Å²) in [5.74, 6) is 0.746. The lowest BCUT2D eigenvalue weighted by Gasteiger charge is -2.13. The lowest BCUT2D eigenvalue weighted by Crippen LogP contribution is -2.17. The van der Waals surface area contributed by atoms with Crippen molar-refractivity contribution in [1.29, 1.82) is 0 Å². The standard InChI is InChI=1S/C16H18ClN3OS/c1-9(2)14-18-10(3)13(16(20-14)22-4)15(21)19-12-7-5-6-11(17)8-12/h5-9H,1-4H3,(H,19,21). The number of thioether (sulfide) groups is 1. The molecule has 0 atom stereocenters. The molecule has 6 heteroatoms. The van der Waals surface area contributed by atoms with Crippen LogP contribution in [0, 0.1) is 6.92 Å². The van der Waals surface area contributed by atoms with Crippen LogP contribution < -0.4 is 5.32 Å². The third kappa shape index (κ3) is 3.78. The van der Waals surface area contributed by atoms with Gasteiger partial charge in [0, 0.05) is 16.6 Å². The second kappa shape index (κ2) is 7.11. The molecule has 0 bridgehead atoms. The van der Waals surface area contributed by atoms with E-state index < -0.39 is 0 Å². The number of hydrogen-bond acceptors (Lipinski definition) is 4. The van der Waals surface area contributed by atoms with Crippen molar-refractivity contribution in [2.45, 2.75) is 31.7 Å². The largest absolute Gasteiger partial charge is 0.322 e. The van der Waals surface area contributed by atoms with E-state index in [2.05, 4.69) is 15.3 Å². The second-order valence-corrected chi connectivity index (χ2v) is 6.40. The highest BCUT2D eigenvalue weighted by molar-refractivity contribution is 7.98. The van der Waals surface area contributed by atoms with Crippen LogP contribution in [0.25, 0.3) is 0 Å². The predicted octanol–water partition coefficient (Wildman–Crippen LogP) is 4.54. The van der Waals surface area contributed by atoms with E-state index >= 15 is 0 Å². The van der Waals surface area contributed by atoms with Gasteiger partial charge in [0.1, 0.15) is 10.9 Å². The van der Waals surface area contributed by atoms with Crippen molar-refractivity contribution in [2.75, 3.05) is 11.6 Å². The van der Waals surface area contributed by atoms with Crippen LogP contribution in [0.15, 0.2) is 29.3 Å². The highest BCUT2D eigenvalue weighted by Crippen LogP contribution is 2.24. The Kier molecular flexibility index (Phi) is 5.42. The summed E-state index contributed by atoms with van der Waals surface area (Å²) in [7, 11) is 0. The molecule has 0 unspecified atom stereocenters. The minimum Gasteiger partial charge on any atom is -0.322 e. The Bertz CT molecular complexity index is 704. The van der Waals surface area contributed by atoms with Gasteiger partial charge in [0.05, 0.1) is 11.3 Å². The lowest BCUT2D eigenvalue weighted by molar-refractivity contribution is 0.102. The van der Waals surface area contributed by atoms with E-state index in [1.807, 2.05) is 27.0 Å². The molecule has 22 heavy (non-hydrogen) atoms. The van der Waals surface area contributed by atoms with Gasteiger partial charge in [0.25, 0.3) is 5.91 Å². The van der Waals surface area contributed by atoms with Gasteiger partial charge in [-0.25, -0.2) is 9.97 Å². The van der Waals surface area contributed by atoms with Crippen LogP contribution in [0.3, 0.4) is 0 Å². The van der Waals surface area contributed by atoms with Crippen LogP contribution in [0.4, 0.5) is 5.69 Å². The van der Waals surface area contributed by atoms with E-state index in [1.54, 1.807) is 24.3 Å². The number of aromatic nitrogens is 2. The molecule has 1 amide bonds. The van der Waals surface area contributed by atoms with Gasteiger partial charge >= 0.3 is 0 Å². The van der Waals surface area contributed by atoms with Crippen LogP contribution in [-0.4, -0.2) is 22.1 Å². The Morgan fingerprint density at radius 3 is 2.64 bits per heavy atom. The van der Waals surface area contributed by atoms with Crippen molar-refractivity contribution in [3.63, 3.8) is 0 Å². The molecule has 2 aromatic rings. The fourth-order valence-corrected chi connectivity index (χ4v) is 2.81. The fraction of sp³-hybridized carbons (Fsp3) is 0.312. The number of nitrogens with zero attached hydrogens (tertiary/aromatic N) is 2. The van der Waals surface area contributed by atoms with Gasteiger partial charge in [-0.15, -0.1) is 11.8 Å². The first kappa shape index (κ1) is 16.8.